The summed E-state index contributed by atoms with van der Waals surface area (Å²) < 4.78 is 6.17. The van der Waals surface area contributed by atoms with Gasteiger partial charge < -0.3 is 4.74 Å². The Hall–Kier alpha value is -3.58. The Morgan fingerprint density at radius 3 is 1.85 bits per heavy atom. The summed E-state index contributed by atoms with van der Waals surface area (Å²) in [5, 5.41) is 0. The van der Waals surface area contributed by atoms with Gasteiger partial charge in [0.05, 0.1) is 6.26 Å². The highest BCUT2D eigenvalue weighted by Crippen LogP contribution is 2.43. The molecule has 3 unspecified atom stereocenters. The van der Waals surface area contributed by atoms with Gasteiger partial charge in [-0.2, -0.15) is 0 Å². The zero-order valence-corrected chi connectivity index (χ0v) is 20.9. The van der Waals surface area contributed by atoms with Crippen LogP contribution in [0.5, 0.6) is 5.75 Å². The third-order valence-electron chi connectivity index (χ3n) is 6.57. The van der Waals surface area contributed by atoms with Crippen LogP contribution in [0, 0.1) is 0 Å². The van der Waals surface area contributed by atoms with Gasteiger partial charge in [-0.05, 0) is 29.2 Å². The van der Waals surface area contributed by atoms with E-state index in [1.165, 1.54) is 27.8 Å². The van der Waals surface area contributed by atoms with E-state index in [0.29, 0.717) is 0 Å². The molecule has 3 atom stereocenters. The topological polar surface area (TPSA) is 9.23 Å². The Kier molecular flexibility index (Phi) is 8.87. The van der Waals surface area contributed by atoms with Crippen LogP contribution in [-0.2, 0) is 0 Å². The standard InChI is InChI=1S/C33H36O/c1-7-16-27(17-8-2)25(5)31-22-30(24(4)28-18-12-10-13-19-28)23-32(33(31)34-9-3)26(6)29-20-14-11-15-21-29/h7-26H,1,3H2,2,4-6H3/b17-8-,27-16+. The van der Waals surface area contributed by atoms with E-state index in [4.69, 9.17) is 4.74 Å². The Morgan fingerprint density at radius 1 is 0.765 bits per heavy atom. The van der Waals surface area contributed by atoms with Crippen molar-refractivity contribution in [3.63, 3.8) is 0 Å². The predicted molar refractivity (Wildman–Crippen MR) is 147 cm³/mol. The van der Waals surface area contributed by atoms with Crippen LogP contribution >= 0.6 is 0 Å². The number of allylic oxidation sites excluding steroid dienone is 5. The molecule has 0 aliphatic rings. The summed E-state index contributed by atoms with van der Waals surface area (Å²) >= 11 is 0. The molecular weight excluding hydrogens is 412 g/mol. The van der Waals surface area contributed by atoms with Crippen LogP contribution in [0.15, 0.2) is 122 Å². The molecule has 0 N–H and O–H groups in total. The van der Waals surface area contributed by atoms with Crippen LogP contribution in [0.3, 0.4) is 0 Å². The van der Waals surface area contributed by atoms with Crippen molar-refractivity contribution in [2.75, 3.05) is 0 Å². The molecular formula is C33H36O. The van der Waals surface area contributed by atoms with Crippen LogP contribution in [0.4, 0.5) is 0 Å². The van der Waals surface area contributed by atoms with Gasteiger partial charge in [0.1, 0.15) is 5.75 Å². The lowest BCUT2D eigenvalue weighted by Gasteiger charge is -2.26. The first-order valence-corrected chi connectivity index (χ1v) is 12.0. The summed E-state index contributed by atoms with van der Waals surface area (Å²) in [5.74, 6) is 1.43. The number of hydrogen-bond donors (Lipinski definition) is 0. The van der Waals surface area contributed by atoms with Crippen molar-refractivity contribution < 1.29 is 4.74 Å². The molecule has 0 amide bonds. The van der Waals surface area contributed by atoms with Crippen molar-refractivity contribution >= 4 is 0 Å². The Morgan fingerprint density at radius 2 is 1.32 bits per heavy atom. The largest absolute Gasteiger partial charge is 0.465 e. The molecule has 174 valence electrons. The Labute approximate surface area is 205 Å². The number of benzene rings is 3. The summed E-state index contributed by atoms with van der Waals surface area (Å²) in [5.41, 5.74) is 7.35. The van der Waals surface area contributed by atoms with E-state index in [-0.39, 0.29) is 17.8 Å². The van der Waals surface area contributed by atoms with Crippen molar-refractivity contribution in [3.05, 3.63) is 150 Å². The van der Waals surface area contributed by atoms with Gasteiger partial charge in [-0.1, -0.05) is 131 Å². The quantitative estimate of drug-likeness (QED) is 0.222. The zero-order valence-electron chi connectivity index (χ0n) is 20.9. The van der Waals surface area contributed by atoms with Crippen molar-refractivity contribution in [1.29, 1.82) is 0 Å². The van der Waals surface area contributed by atoms with Crippen LogP contribution in [0.1, 0.15) is 73.3 Å². The van der Waals surface area contributed by atoms with Crippen molar-refractivity contribution in [2.45, 2.75) is 45.4 Å². The molecule has 0 saturated carbocycles. The molecule has 1 nitrogen and oxygen atoms in total. The molecule has 0 aromatic heterocycles. The fraction of sp³-hybridized carbons (Fsp3) is 0.212. The molecule has 3 rings (SSSR count). The predicted octanol–water partition coefficient (Wildman–Crippen LogP) is 9.30. The van der Waals surface area contributed by atoms with E-state index in [1.54, 1.807) is 6.26 Å². The highest BCUT2D eigenvalue weighted by Gasteiger charge is 2.24. The summed E-state index contributed by atoms with van der Waals surface area (Å²) in [4.78, 5) is 0. The maximum absolute atomic E-state index is 6.17. The summed E-state index contributed by atoms with van der Waals surface area (Å²) in [7, 11) is 0. The maximum atomic E-state index is 6.17. The maximum Gasteiger partial charge on any atom is 0.134 e. The number of ether oxygens (including phenoxy) is 1. The van der Waals surface area contributed by atoms with Crippen LogP contribution < -0.4 is 4.74 Å². The van der Waals surface area contributed by atoms with Gasteiger partial charge in [-0.25, -0.2) is 0 Å². The van der Waals surface area contributed by atoms with E-state index >= 15 is 0 Å². The highest BCUT2D eigenvalue weighted by atomic mass is 16.5. The molecule has 0 aliphatic carbocycles. The minimum absolute atomic E-state index is 0.119. The van der Waals surface area contributed by atoms with Gasteiger partial charge in [-0.3, -0.25) is 0 Å². The third-order valence-corrected chi connectivity index (χ3v) is 6.57. The van der Waals surface area contributed by atoms with E-state index in [1.807, 2.05) is 13.0 Å². The SMILES string of the molecule is C=C/C=C(\C=C/C)C(C)c1cc(C(C)c2ccccc2)cc(C(C)c2ccccc2)c1OC=C. The lowest BCUT2D eigenvalue weighted by molar-refractivity contribution is 0.466. The molecule has 3 aromatic rings. The smallest absolute Gasteiger partial charge is 0.134 e. The minimum Gasteiger partial charge on any atom is -0.465 e. The second kappa shape index (κ2) is 12.0. The average molecular weight is 449 g/mol. The second-order valence-electron chi connectivity index (χ2n) is 8.70. The normalized spacial score (nSPS) is 14.4. The van der Waals surface area contributed by atoms with Gasteiger partial charge in [0.15, 0.2) is 0 Å². The summed E-state index contributed by atoms with van der Waals surface area (Å²) in [6.07, 6.45) is 9.70. The average Bonchev–Trinajstić information content (AvgIpc) is 2.88. The number of rotatable bonds is 10. The summed E-state index contributed by atoms with van der Waals surface area (Å²) in [6.45, 7) is 16.6. The van der Waals surface area contributed by atoms with Gasteiger partial charge in [0, 0.05) is 28.9 Å². The first-order chi connectivity index (χ1) is 16.5. The van der Waals surface area contributed by atoms with Gasteiger partial charge in [0.25, 0.3) is 0 Å². The van der Waals surface area contributed by atoms with Crippen molar-refractivity contribution in [2.24, 2.45) is 0 Å². The van der Waals surface area contributed by atoms with Crippen molar-refractivity contribution in [3.8, 4) is 5.75 Å². The van der Waals surface area contributed by atoms with E-state index in [0.717, 1.165) is 11.3 Å². The molecule has 0 bridgehead atoms. The molecule has 0 aliphatic heterocycles. The lowest BCUT2D eigenvalue weighted by Crippen LogP contribution is -2.09. The zero-order chi connectivity index (χ0) is 24.5. The molecule has 0 saturated heterocycles. The summed E-state index contributed by atoms with van der Waals surface area (Å²) in [6, 6.07) is 25.9. The fourth-order valence-electron chi connectivity index (χ4n) is 4.52. The van der Waals surface area contributed by atoms with Gasteiger partial charge in [-0.15, -0.1) is 0 Å². The first kappa shape index (κ1) is 25.1. The second-order valence-corrected chi connectivity index (χ2v) is 8.70. The molecule has 34 heavy (non-hydrogen) atoms. The lowest BCUT2D eigenvalue weighted by atomic mass is 9.81. The molecule has 1 heteroatoms. The minimum atomic E-state index is 0.119. The monoisotopic (exact) mass is 448 g/mol. The van der Waals surface area contributed by atoms with Gasteiger partial charge >= 0.3 is 0 Å². The van der Waals surface area contributed by atoms with Crippen LogP contribution in [0.25, 0.3) is 0 Å². The van der Waals surface area contributed by atoms with Crippen LogP contribution in [0.2, 0.25) is 0 Å². The Balaban J connectivity index is 2.27. The van der Waals surface area contributed by atoms with E-state index < -0.39 is 0 Å². The molecule has 0 radical (unpaired) electrons. The van der Waals surface area contributed by atoms with Crippen molar-refractivity contribution in [1.82, 2.24) is 0 Å². The Bertz CT molecular complexity index is 1150. The highest BCUT2D eigenvalue weighted by molar-refractivity contribution is 5.55. The molecule has 0 heterocycles. The third kappa shape index (κ3) is 5.66. The van der Waals surface area contributed by atoms with E-state index in [9.17, 15) is 0 Å². The molecule has 3 aromatic carbocycles. The molecule has 0 fully saturated rings. The van der Waals surface area contributed by atoms with Gasteiger partial charge in [0.2, 0.25) is 0 Å². The molecule has 0 spiro atoms. The fourth-order valence-corrected chi connectivity index (χ4v) is 4.52. The van der Waals surface area contributed by atoms with Crippen LogP contribution in [-0.4, -0.2) is 0 Å². The number of hydrogen-bond acceptors (Lipinski definition) is 1. The van der Waals surface area contributed by atoms with E-state index in [2.05, 4.69) is 125 Å². The first-order valence-electron chi connectivity index (χ1n) is 12.0.